The van der Waals surface area contributed by atoms with Crippen LogP contribution in [0.15, 0.2) is 48.5 Å². The Balaban J connectivity index is 1.63. The van der Waals surface area contributed by atoms with E-state index in [1.54, 1.807) is 29.2 Å². The van der Waals surface area contributed by atoms with Crippen molar-refractivity contribution in [3.63, 3.8) is 0 Å². The number of rotatable bonds is 4. The molecule has 1 aliphatic rings. The number of benzene rings is 2. The SMILES string of the molecule is Cc1ccc(N2CCC(Nc3nc(C(F)F)nc4ccccc34)C2=O)cc1. The van der Waals surface area contributed by atoms with Crippen molar-refractivity contribution in [2.75, 3.05) is 16.8 Å². The zero-order valence-electron chi connectivity index (χ0n) is 14.7. The van der Waals surface area contributed by atoms with Gasteiger partial charge in [-0.15, -0.1) is 0 Å². The van der Waals surface area contributed by atoms with E-state index in [4.69, 9.17) is 0 Å². The first-order chi connectivity index (χ1) is 13.0. The number of alkyl halides is 2. The number of fused-ring (bicyclic) bond motifs is 1. The number of halogens is 2. The van der Waals surface area contributed by atoms with E-state index in [-0.39, 0.29) is 11.7 Å². The van der Waals surface area contributed by atoms with Gasteiger partial charge in [0, 0.05) is 17.6 Å². The predicted molar refractivity (Wildman–Crippen MR) is 100 cm³/mol. The van der Waals surface area contributed by atoms with Gasteiger partial charge in [-0.05, 0) is 37.6 Å². The molecule has 0 radical (unpaired) electrons. The first-order valence-electron chi connectivity index (χ1n) is 8.72. The molecule has 1 amide bonds. The molecule has 0 spiro atoms. The Labute approximate surface area is 155 Å². The highest BCUT2D eigenvalue weighted by Crippen LogP contribution is 2.28. The molecule has 2 aromatic carbocycles. The Hall–Kier alpha value is -3.09. The maximum atomic E-state index is 13.2. The van der Waals surface area contributed by atoms with Crippen LogP contribution in [-0.2, 0) is 4.79 Å². The van der Waals surface area contributed by atoms with E-state index in [2.05, 4.69) is 15.3 Å². The highest BCUT2D eigenvalue weighted by Gasteiger charge is 2.33. The van der Waals surface area contributed by atoms with Crippen LogP contribution in [0.2, 0.25) is 0 Å². The summed E-state index contributed by atoms with van der Waals surface area (Å²) in [5.74, 6) is -0.378. The van der Waals surface area contributed by atoms with Gasteiger partial charge in [0.1, 0.15) is 11.9 Å². The van der Waals surface area contributed by atoms with Gasteiger partial charge in [0.2, 0.25) is 5.91 Å². The number of aromatic nitrogens is 2. The first-order valence-corrected chi connectivity index (χ1v) is 8.72. The molecule has 0 bridgehead atoms. The van der Waals surface area contributed by atoms with Crippen LogP contribution in [0.5, 0.6) is 0 Å². The van der Waals surface area contributed by atoms with Crippen molar-refractivity contribution in [1.29, 1.82) is 0 Å². The van der Waals surface area contributed by atoms with Crippen molar-refractivity contribution in [2.24, 2.45) is 0 Å². The molecular formula is C20H18F2N4O. The molecule has 1 aliphatic heterocycles. The minimum absolute atomic E-state index is 0.0971. The Bertz CT molecular complexity index is 991. The molecule has 27 heavy (non-hydrogen) atoms. The van der Waals surface area contributed by atoms with E-state index in [1.807, 2.05) is 31.2 Å². The molecule has 2 heterocycles. The van der Waals surface area contributed by atoms with Crippen LogP contribution in [0.1, 0.15) is 24.2 Å². The standard InChI is InChI=1S/C20H18F2N4O/c1-12-6-8-13(9-7-12)26-11-10-16(20(26)27)24-18-14-4-2-3-5-15(14)23-19(25-18)17(21)22/h2-9,16-17H,10-11H2,1H3,(H,23,24,25). The molecule has 1 saturated heterocycles. The molecule has 138 valence electrons. The Morgan fingerprint density at radius 2 is 1.85 bits per heavy atom. The Morgan fingerprint density at radius 1 is 1.11 bits per heavy atom. The highest BCUT2D eigenvalue weighted by atomic mass is 19.3. The summed E-state index contributed by atoms with van der Waals surface area (Å²) in [6.07, 6.45) is -2.21. The number of hydrogen-bond donors (Lipinski definition) is 1. The number of aryl methyl sites for hydroxylation is 1. The lowest BCUT2D eigenvalue weighted by Crippen LogP contribution is -2.33. The van der Waals surface area contributed by atoms with Gasteiger partial charge < -0.3 is 10.2 Å². The van der Waals surface area contributed by atoms with Crippen molar-refractivity contribution < 1.29 is 13.6 Å². The number of anilines is 2. The third-order valence-corrected chi connectivity index (χ3v) is 4.68. The van der Waals surface area contributed by atoms with E-state index >= 15 is 0 Å². The summed E-state index contributed by atoms with van der Waals surface area (Å²) in [4.78, 5) is 22.4. The van der Waals surface area contributed by atoms with Crippen LogP contribution in [-0.4, -0.2) is 28.5 Å². The van der Waals surface area contributed by atoms with E-state index in [0.29, 0.717) is 23.9 Å². The minimum atomic E-state index is -2.78. The third kappa shape index (κ3) is 3.32. The van der Waals surface area contributed by atoms with Gasteiger partial charge in [-0.25, -0.2) is 18.7 Å². The molecule has 0 aliphatic carbocycles. The van der Waals surface area contributed by atoms with Gasteiger partial charge >= 0.3 is 0 Å². The number of nitrogens with zero attached hydrogens (tertiary/aromatic N) is 3. The second-order valence-corrected chi connectivity index (χ2v) is 6.56. The number of amides is 1. The average molecular weight is 368 g/mol. The zero-order valence-corrected chi connectivity index (χ0v) is 14.7. The molecule has 1 atom stereocenters. The van der Waals surface area contributed by atoms with Crippen LogP contribution >= 0.6 is 0 Å². The summed E-state index contributed by atoms with van der Waals surface area (Å²) in [6, 6.07) is 14.1. The number of carbonyl (C=O) groups excluding carboxylic acids is 1. The van der Waals surface area contributed by atoms with Crippen molar-refractivity contribution in [3.8, 4) is 0 Å². The molecule has 4 rings (SSSR count). The molecule has 5 nitrogen and oxygen atoms in total. The molecule has 1 fully saturated rings. The van der Waals surface area contributed by atoms with Gasteiger partial charge in [-0.3, -0.25) is 4.79 Å². The number of nitrogens with one attached hydrogen (secondary N) is 1. The Morgan fingerprint density at radius 3 is 2.59 bits per heavy atom. The van der Waals surface area contributed by atoms with Gasteiger partial charge in [-0.2, -0.15) is 0 Å². The van der Waals surface area contributed by atoms with Crippen molar-refractivity contribution in [1.82, 2.24) is 9.97 Å². The summed E-state index contributed by atoms with van der Waals surface area (Å²) in [5.41, 5.74) is 2.37. The number of hydrogen-bond acceptors (Lipinski definition) is 4. The number of para-hydroxylation sites is 1. The van der Waals surface area contributed by atoms with Gasteiger partial charge in [0.05, 0.1) is 5.52 Å². The van der Waals surface area contributed by atoms with Crippen molar-refractivity contribution in [3.05, 3.63) is 59.9 Å². The predicted octanol–water partition coefficient (Wildman–Crippen LogP) is 4.09. The van der Waals surface area contributed by atoms with E-state index in [9.17, 15) is 13.6 Å². The van der Waals surface area contributed by atoms with Crippen LogP contribution in [0, 0.1) is 6.92 Å². The normalized spacial score (nSPS) is 17.1. The first kappa shape index (κ1) is 17.3. The van der Waals surface area contributed by atoms with Gasteiger partial charge in [0.15, 0.2) is 5.82 Å². The highest BCUT2D eigenvalue weighted by molar-refractivity contribution is 6.02. The third-order valence-electron chi connectivity index (χ3n) is 4.68. The fraction of sp³-hybridized carbons (Fsp3) is 0.250. The summed E-state index contributed by atoms with van der Waals surface area (Å²) in [5, 5.41) is 3.68. The smallest absolute Gasteiger partial charge is 0.297 e. The molecule has 7 heteroatoms. The van der Waals surface area contributed by atoms with Crippen LogP contribution in [0.4, 0.5) is 20.3 Å². The molecule has 1 aromatic heterocycles. The maximum Gasteiger partial charge on any atom is 0.297 e. The van der Waals surface area contributed by atoms with Crippen LogP contribution < -0.4 is 10.2 Å². The van der Waals surface area contributed by atoms with Crippen LogP contribution in [0.3, 0.4) is 0 Å². The maximum absolute atomic E-state index is 13.2. The van der Waals surface area contributed by atoms with E-state index in [1.165, 1.54) is 0 Å². The lowest BCUT2D eigenvalue weighted by Gasteiger charge is -2.18. The molecule has 0 saturated carbocycles. The van der Waals surface area contributed by atoms with Crippen molar-refractivity contribution in [2.45, 2.75) is 25.8 Å². The van der Waals surface area contributed by atoms with E-state index < -0.39 is 18.3 Å². The Kier molecular flexibility index (Phi) is 4.43. The fourth-order valence-electron chi connectivity index (χ4n) is 3.26. The largest absolute Gasteiger partial charge is 0.358 e. The monoisotopic (exact) mass is 368 g/mol. The topological polar surface area (TPSA) is 58.1 Å². The van der Waals surface area contributed by atoms with Crippen molar-refractivity contribution >= 4 is 28.3 Å². The molecule has 1 unspecified atom stereocenters. The minimum Gasteiger partial charge on any atom is -0.358 e. The quantitative estimate of drug-likeness (QED) is 0.753. The number of carbonyl (C=O) groups is 1. The molecule has 1 N–H and O–H groups in total. The molecular weight excluding hydrogens is 350 g/mol. The lowest BCUT2D eigenvalue weighted by molar-refractivity contribution is -0.117. The summed E-state index contributed by atoms with van der Waals surface area (Å²) >= 11 is 0. The fourth-order valence-corrected chi connectivity index (χ4v) is 3.26. The van der Waals surface area contributed by atoms with Gasteiger partial charge in [-0.1, -0.05) is 29.8 Å². The summed E-state index contributed by atoms with van der Waals surface area (Å²) < 4.78 is 26.3. The van der Waals surface area contributed by atoms with Gasteiger partial charge in [0.25, 0.3) is 6.43 Å². The zero-order chi connectivity index (χ0) is 19.0. The second kappa shape index (κ2) is 6.90. The average Bonchev–Trinajstić information content (AvgIpc) is 3.03. The summed E-state index contributed by atoms with van der Waals surface area (Å²) in [6.45, 7) is 2.55. The molecule has 3 aromatic rings. The summed E-state index contributed by atoms with van der Waals surface area (Å²) in [7, 11) is 0. The lowest BCUT2D eigenvalue weighted by atomic mass is 10.2. The van der Waals surface area contributed by atoms with Crippen LogP contribution in [0.25, 0.3) is 10.9 Å². The second-order valence-electron chi connectivity index (χ2n) is 6.56. The van der Waals surface area contributed by atoms with E-state index in [0.717, 1.165) is 11.3 Å².